The number of rotatable bonds is 4. The van der Waals surface area contributed by atoms with E-state index in [1.165, 1.54) is 31.5 Å². The average Bonchev–Trinajstić information content (AvgIpc) is 3.47. The highest BCUT2D eigenvalue weighted by molar-refractivity contribution is 6.30. The highest BCUT2D eigenvalue weighted by Crippen LogP contribution is 2.33. The van der Waals surface area contributed by atoms with Crippen molar-refractivity contribution in [3.8, 4) is 16.8 Å². The minimum atomic E-state index is -0.707. The molecule has 0 aliphatic carbocycles. The molecule has 0 radical (unpaired) electrons. The summed E-state index contributed by atoms with van der Waals surface area (Å²) < 4.78 is 20.3. The number of hydrogen-bond donors (Lipinski definition) is 4. The Morgan fingerprint density at radius 2 is 1.95 bits per heavy atom. The Morgan fingerprint density at radius 1 is 1.14 bits per heavy atom. The maximum absolute atomic E-state index is 14.5. The van der Waals surface area contributed by atoms with Gasteiger partial charge in [0.15, 0.2) is 11.5 Å². The Hall–Kier alpha value is -5.04. The number of methoxy groups -OCH3 is 1. The van der Waals surface area contributed by atoms with E-state index in [0.717, 1.165) is 4.68 Å². The Kier molecular flexibility index (Phi) is 8.53. The van der Waals surface area contributed by atoms with Crippen LogP contribution in [0.15, 0.2) is 59.5 Å². The van der Waals surface area contributed by atoms with E-state index in [9.17, 15) is 23.6 Å². The second-order valence-electron chi connectivity index (χ2n) is 10.0. The van der Waals surface area contributed by atoms with Gasteiger partial charge in [-0.2, -0.15) is 0 Å². The summed E-state index contributed by atoms with van der Waals surface area (Å²) in [6, 6.07) is 11.7. The Balaban J connectivity index is 1.49. The third kappa shape index (κ3) is 6.56. The Morgan fingerprint density at radius 3 is 2.74 bits per heavy atom. The van der Waals surface area contributed by atoms with E-state index in [2.05, 4.69) is 36.0 Å². The first-order chi connectivity index (χ1) is 20.6. The zero-order chi connectivity index (χ0) is 30.7. The molecule has 2 atom stereocenters. The quantitative estimate of drug-likeness (QED) is 0.259. The molecule has 14 heteroatoms. The molecule has 0 spiro atoms. The second kappa shape index (κ2) is 12.4. The lowest BCUT2D eigenvalue weighted by Gasteiger charge is -2.22. The lowest BCUT2D eigenvalue weighted by atomic mass is 9.95. The maximum atomic E-state index is 14.5. The molecule has 0 saturated heterocycles. The SMILES string of the molecule is COC(=O)Nc1ccc2c(c1)NC(=O)C(C)CCCC(NC(=O)c1cn(-c3cccc(Cl)c3F)nn1)c1cc-2cc(=O)[nH]1. The van der Waals surface area contributed by atoms with Crippen molar-refractivity contribution in [1.29, 1.82) is 0 Å². The fourth-order valence-corrected chi connectivity index (χ4v) is 4.93. The first-order valence-electron chi connectivity index (χ1n) is 13.3. The van der Waals surface area contributed by atoms with E-state index >= 15 is 0 Å². The molecule has 12 nitrogen and oxygen atoms in total. The summed E-state index contributed by atoms with van der Waals surface area (Å²) in [7, 11) is 1.24. The number of amides is 3. The first kappa shape index (κ1) is 29.5. The van der Waals surface area contributed by atoms with Crippen molar-refractivity contribution in [3.63, 3.8) is 0 Å². The summed E-state index contributed by atoms with van der Waals surface area (Å²) in [5, 5.41) is 16.0. The van der Waals surface area contributed by atoms with Crippen LogP contribution >= 0.6 is 11.6 Å². The topological polar surface area (TPSA) is 160 Å². The number of aromatic nitrogens is 4. The van der Waals surface area contributed by atoms with Crippen molar-refractivity contribution in [2.45, 2.75) is 32.2 Å². The van der Waals surface area contributed by atoms with Gasteiger partial charge in [-0.3, -0.25) is 19.7 Å². The van der Waals surface area contributed by atoms with Crippen LogP contribution in [0.2, 0.25) is 5.02 Å². The molecule has 2 aromatic heterocycles. The number of H-pyrrole nitrogens is 1. The highest BCUT2D eigenvalue weighted by Gasteiger charge is 2.24. The fraction of sp³-hybridized carbons (Fsp3) is 0.241. The predicted octanol–water partition coefficient (Wildman–Crippen LogP) is 4.82. The molecule has 0 fully saturated rings. The number of nitrogens with one attached hydrogen (secondary N) is 4. The molecular formula is C29H27ClFN7O5. The van der Waals surface area contributed by atoms with E-state index in [1.54, 1.807) is 37.3 Å². The Bertz CT molecular complexity index is 1770. The van der Waals surface area contributed by atoms with Gasteiger partial charge in [0.1, 0.15) is 5.69 Å². The summed E-state index contributed by atoms with van der Waals surface area (Å²) in [4.78, 5) is 53.7. The maximum Gasteiger partial charge on any atom is 0.411 e. The average molecular weight is 608 g/mol. The molecule has 4 aromatic rings. The molecule has 5 rings (SSSR count). The second-order valence-corrected chi connectivity index (χ2v) is 10.4. The molecule has 1 aliphatic heterocycles. The number of carbonyl (C=O) groups is 3. The predicted molar refractivity (Wildman–Crippen MR) is 157 cm³/mol. The summed E-state index contributed by atoms with van der Waals surface area (Å²) in [6.45, 7) is 1.79. The molecule has 2 bridgehead atoms. The number of benzene rings is 2. The molecule has 1 aliphatic rings. The summed E-state index contributed by atoms with van der Waals surface area (Å²) >= 11 is 5.88. The third-order valence-corrected chi connectivity index (χ3v) is 7.34. The van der Waals surface area contributed by atoms with Gasteiger partial charge in [0.25, 0.3) is 5.91 Å². The number of anilines is 2. The zero-order valence-electron chi connectivity index (χ0n) is 23.1. The summed E-state index contributed by atoms with van der Waals surface area (Å²) in [6.07, 6.45) is 2.02. The zero-order valence-corrected chi connectivity index (χ0v) is 23.9. The van der Waals surface area contributed by atoms with Crippen LogP contribution < -0.4 is 21.5 Å². The van der Waals surface area contributed by atoms with Gasteiger partial charge in [-0.05, 0) is 48.7 Å². The summed E-state index contributed by atoms with van der Waals surface area (Å²) in [5.41, 5.74) is 1.74. The van der Waals surface area contributed by atoms with Gasteiger partial charge in [-0.1, -0.05) is 42.3 Å². The molecule has 43 heavy (non-hydrogen) atoms. The van der Waals surface area contributed by atoms with Gasteiger partial charge in [0, 0.05) is 28.9 Å². The van der Waals surface area contributed by atoms with Gasteiger partial charge < -0.3 is 20.4 Å². The van der Waals surface area contributed by atoms with Crippen molar-refractivity contribution in [2.75, 3.05) is 17.7 Å². The molecule has 0 saturated carbocycles. The van der Waals surface area contributed by atoms with Crippen molar-refractivity contribution < 1.29 is 23.5 Å². The van der Waals surface area contributed by atoms with Crippen LogP contribution in [0.1, 0.15) is 48.4 Å². The van der Waals surface area contributed by atoms with Crippen LogP contribution in [0, 0.1) is 11.7 Å². The largest absolute Gasteiger partial charge is 0.453 e. The number of fused-ring (bicyclic) bond motifs is 4. The monoisotopic (exact) mass is 607 g/mol. The van der Waals surface area contributed by atoms with E-state index in [-0.39, 0.29) is 28.2 Å². The minimum Gasteiger partial charge on any atom is -0.453 e. The molecule has 2 unspecified atom stereocenters. The molecule has 222 valence electrons. The third-order valence-electron chi connectivity index (χ3n) is 7.05. The van der Waals surface area contributed by atoms with Crippen LogP contribution in [0.5, 0.6) is 0 Å². The number of aromatic amines is 1. The highest BCUT2D eigenvalue weighted by atomic mass is 35.5. The van der Waals surface area contributed by atoms with Crippen LogP contribution in [0.4, 0.5) is 20.6 Å². The molecular weight excluding hydrogens is 581 g/mol. The van der Waals surface area contributed by atoms with Crippen LogP contribution in [0.3, 0.4) is 0 Å². The lowest BCUT2D eigenvalue weighted by molar-refractivity contribution is -0.119. The van der Waals surface area contributed by atoms with Crippen molar-refractivity contribution >= 4 is 40.9 Å². The normalized spacial score (nSPS) is 16.6. The van der Waals surface area contributed by atoms with Crippen molar-refractivity contribution in [3.05, 3.63) is 87.3 Å². The standard InChI is InChI=1S/C29H27ClFN7O5/c1-15-5-3-7-20(34-28(41)23-14-38(37-36-23)24-8-4-6-19(30)26(24)31)22-11-16(12-25(39)33-22)18-10-9-17(32-29(42)43-2)13-21(18)35-27(15)40/h4,6,8-15,20H,3,5,7H2,1-2H3,(H,32,42)(H,33,39)(H,34,41)(H,35,40). The molecule has 3 heterocycles. The number of carbonyl (C=O) groups excluding carboxylic acids is 3. The van der Waals surface area contributed by atoms with Gasteiger partial charge in [-0.15, -0.1) is 5.10 Å². The summed E-state index contributed by atoms with van der Waals surface area (Å²) in [5.74, 6) is -1.93. The van der Waals surface area contributed by atoms with E-state index < -0.39 is 29.4 Å². The van der Waals surface area contributed by atoms with Gasteiger partial charge >= 0.3 is 6.09 Å². The number of pyridine rings is 1. The van der Waals surface area contributed by atoms with Crippen molar-refractivity contribution in [2.24, 2.45) is 5.92 Å². The first-order valence-corrected chi connectivity index (χ1v) is 13.7. The number of ether oxygens (including phenoxy) is 1. The van der Waals surface area contributed by atoms with Gasteiger partial charge in [0.2, 0.25) is 11.5 Å². The molecule has 4 N–H and O–H groups in total. The van der Waals surface area contributed by atoms with E-state index in [1.807, 2.05) is 0 Å². The smallest absolute Gasteiger partial charge is 0.411 e. The lowest BCUT2D eigenvalue weighted by Crippen LogP contribution is -2.31. The van der Waals surface area contributed by atoms with Crippen LogP contribution in [0.25, 0.3) is 16.8 Å². The van der Waals surface area contributed by atoms with Crippen LogP contribution in [-0.2, 0) is 9.53 Å². The number of hydrogen-bond acceptors (Lipinski definition) is 7. The van der Waals surface area contributed by atoms with Crippen molar-refractivity contribution in [1.82, 2.24) is 25.3 Å². The van der Waals surface area contributed by atoms with Gasteiger partial charge in [0.05, 0.1) is 30.1 Å². The van der Waals surface area contributed by atoms with E-state index in [4.69, 9.17) is 11.6 Å². The number of halogens is 2. The molecule has 3 amide bonds. The number of nitrogens with zero attached hydrogens (tertiary/aromatic N) is 3. The van der Waals surface area contributed by atoms with Gasteiger partial charge in [-0.25, -0.2) is 13.9 Å². The Labute approximate surface area is 249 Å². The minimum absolute atomic E-state index is 0.0259. The van der Waals surface area contributed by atoms with Crippen LogP contribution in [-0.4, -0.2) is 45.0 Å². The molecule has 2 aromatic carbocycles. The van der Waals surface area contributed by atoms with E-state index in [0.29, 0.717) is 47.5 Å². The fourth-order valence-electron chi connectivity index (χ4n) is 4.76.